The van der Waals surface area contributed by atoms with Crippen LogP contribution in [0.15, 0.2) is 18.2 Å². The van der Waals surface area contributed by atoms with E-state index in [1.165, 1.54) is 0 Å². The number of hydrogen-bond acceptors (Lipinski definition) is 4. The SMILES string of the molecule is Cc1c(CN2CCNCC2C)cccc1[N+](=O)[O-].Cl. The minimum absolute atomic E-state index is 0. The Hall–Kier alpha value is -1.17. The number of nitro groups is 1. The molecule has 0 radical (unpaired) electrons. The molecule has 1 N–H and O–H groups in total. The van der Waals surface area contributed by atoms with Gasteiger partial charge >= 0.3 is 0 Å². The molecule has 1 aliphatic rings. The van der Waals surface area contributed by atoms with Crippen molar-refractivity contribution in [3.63, 3.8) is 0 Å². The molecule has 1 aromatic rings. The lowest BCUT2D eigenvalue weighted by Gasteiger charge is -2.34. The number of nitro benzene ring substituents is 1. The van der Waals surface area contributed by atoms with Gasteiger partial charge in [-0.3, -0.25) is 15.0 Å². The molecule has 0 amide bonds. The summed E-state index contributed by atoms with van der Waals surface area (Å²) in [6, 6.07) is 5.79. The number of piperazine rings is 1. The Morgan fingerprint density at radius 1 is 1.53 bits per heavy atom. The zero-order valence-electron chi connectivity index (χ0n) is 11.3. The summed E-state index contributed by atoms with van der Waals surface area (Å²) in [6.45, 7) is 7.76. The Bertz CT molecular complexity index is 454. The molecule has 1 atom stereocenters. The minimum Gasteiger partial charge on any atom is -0.314 e. The van der Waals surface area contributed by atoms with E-state index in [9.17, 15) is 10.1 Å². The third-order valence-electron chi connectivity index (χ3n) is 3.63. The molecule has 1 aromatic carbocycles. The maximum absolute atomic E-state index is 10.9. The molecule has 106 valence electrons. The van der Waals surface area contributed by atoms with Crippen molar-refractivity contribution in [3.05, 3.63) is 39.4 Å². The first-order valence-corrected chi connectivity index (χ1v) is 6.27. The topological polar surface area (TPSA) is 58.4 Å². The zero-order valence-corrected chi connectivity index (χ0v) is 12.1. The summed E-state index contributed by atoms with van der Waals surface area (Å²) >= 11 is 0. The maximum atomic E-state index is 10.9. The molecule has 0 bridgehead atoms. The van der Waals surface area contributed by atoms with Crippen molar-refractivity contribution < 1.29 is 4.92 Å². The van der Waals surface area contributed by atoms with E-state index < -0.39 is 0 Å². The molecule has 2 rings (SSSR count). The van der Waals surface area contributed by atoms with Gasteiger partial charge in [0, 0.05) is 43.9 Å². The molecule has 1 heterocycles. The first kappa shape index (κ1) is 15.9. The summed E-state index contributed by atoms with van der Waals surface area (Å²) in [5, 5.41) is 14.3. The van der Waals surface area contributed by atoms with Crippen LogP contribution in [0.1, 0.15) is 18.1 Å². The van der Waals surface area contributed by atoms with Crippen molar-refractivity contribution in [2.75, 3.05) is 19.6 Å². The molecular weight excluding hydrogens is 266 g/mol. The second-order valence-corrected chi connectivity index (χ2v) is 4.84. The number of rotatable bonds is 3. The number of hydrogen-bond donors (Lipinski definition) is 1. The lowest BCUT2D eigenvalue weighted by molar-refractivity contribution is -0.385. The van der Waals surface area contributed by atoms with Gasteiger partial charge in [-0.1, -0.05) is 12.1 Å². The molecule has 0 spiro atoms. The summed E-state index contributed by atoms with van der Waals surface area (Å²) in [5.41, 5.74) is 2.06. The smallest absolute Gasteiger partial charge is 0.272 e. The first-order chi connectivity index (χ1) is 8.59. The third kappa shape index (κ3) is 3.65. The van der Waals surface area contributed by atoms with Gasteiger partial charge in [0.1, 0.15) is 0 Å². The van der Waals surface area contributed by atoms with Crippen molar-refractivity contribution in [3.8, 4) is 0 Å². The summed E-state index contributed by atoms with van der Waals surface area (Å²) in [4.78, 5) is 13.0. The van der Waals surface area contributed by atoms with Gasteiger partial charge in [-0.05, 0) is 19.4 Å². The molecule has 0 aliphatic carbocycles. The minimum atomic E-state index is -0.306. The number of halogens is 1. The van der Waals surface area contributed by atoms with Crippen LogP contribution in [-0.4, -0.2) is 35.5 Å². The Kier molecular flexibility index (Phi) is 5.72. The standard InChI is InChI=1S/C13H19N3O2.ClH/c1-10-8-14-6-7-15(10)9-12-4-3-5-13(11(12)2)16(17)18;/h3-5,10,14H,6-9H2,1-2H3;1H. The van der Waals surface area contributed by atoms with Gasteiger partial charge in [0.2, 0.25) is 0 Å². The highest BCUT2D eigenvalue weighted by Gasteiger charge is 2.20. The second kappa shape index (κ2) is 6.84. The lowest BCUT2D eigenvalue weighted by atomic mass is 10.1. The van der Waals surface area contributed by atoms with Gasteiger partial charge in [-0.25, -0.2) is 0 Å². The molecule has 1 aliphatic heterocycles. The molecule has 19 heavy (non-hydrogen) atoms. The van der Waals surface area contributed by atoms with Crippen LogP contribution >= 0.6 is 12.4 Å². The van der Waals surface area contributed by atoms with Crippen LogP contribution in [0.3, 0.4) is 0 Å². The molecule has 0 aromatic heterocycles. The summed E-state index contributed by atoms with van der Waals surface area (Å²) < 4.78 is 0. The van der Waals surface area contributed by atoms with Gasteiger partial charge in [0.05, 0.1) is 4.92 Å². The second-order valence-electron chi connectivity index (χ2n) is 4.84. The molecule has 1 saturated heterocycles. The van der Waals surface area contributed by atoms with Crippen LogP contribution < -0.4 is 5.32 Å². The lowest BCUT2D eigenvalue weighted by Crippen LogP contribution is -2.49. The fraction of sp³-hybridized carbons (Fsp3) is 0.538. The fourth-order valence-electron chi connectivity index (χ4n) is 2.38. The molecular formula is C13H20ClN3O2. The normalized spacial score (nSPS) is 19.8. The first-order valence-electron chi connectivity index (χ1n) is 6.27. The summed E-state index contributed by atoms with van der Waals surface area (Å²) in [7, 11) is 0. The predicted molar refractivity (Wildman–Crippen MR) is 77.8 cm³/mol. The summed E-state index contributed by atoms with van der Waals surface area (Å²) in [6.07, 6.45) is 0. The van der Waals surface area contributed by atoms with E-state index in [1.54, 1.807) is 12.1 Å². The van der Waals surface area contributed by atoms with Crippen LogP contribution in [0.4, 0.5) is 5.69 Å². The van der Waals surface area contributed by atoms with Crippen LogP contribution in [0.25, 0.3) is 0 Å². The predicted octanol–water partition coefficient (Wildman–Crippen LogP) is 2.12. The van der Waals surface area contributed by atoms with Gasteiger partial charge in [0.25, 0.3) is 5.69 Å². The Morgan fingerprint density at radius 2 is 2.26 bits per heavy atom. The summed E-state index contributed by atoms with van der Waals surface area (Å²) in [5.74, 6) is 0. The van der Waals surface area contributed by atoms with Crippen molar-refractivity contribution in [1.29, 1.82) is 0 Å². The van der Waals surface area contributed by atoms with Crippen molar-refractivity contribution in [2.45, 2.75) is 26.4 Å². The van der Waals surface area contributed by atoms with E-state index in [1.807, 2.05) is 13.0 Å². The van der Waals surface area contributed by atoms with E-state index >= 15 is 0 Å². The quantitative estimate of drug-likeness (QED) is 0.683. The van der Waals surface area contributed by atoms with Crippen LogP contribution in [0, 0.1) is 17.0 Å². The largest absolute Gasteiger partial charge is 0.314 e. The number of nitrogens with one attached hydrogen (secondary N) is 1. The highest BCUT2D eigenvalue weighted by molar-refractivity contribution is 5.85. The molecule has 5 nitrogen and oxygen atoms in total. The van der Waals surface area contributed by atoms with Crippen molar-refractivity contribution in [1.82, 2.24) is 10.2 Å². The third-order valence-corrected chi connectivity index (χ3v) is 3.63. The van der Waals surface area contributed by atoms with Crippen LogP contribution in [0.5, 0.6) is 0 Å². The molecule has 1 unspecified atom stereocenters. The van der Waals surface area contributed by atoms with E-state index in [2.05, 4.69) is 17.1 Å². The molecule has 0 saturated carbocycles. The monoisotopic (exact) mass is 285 g/mol. The van der Waals surface area contributed by atoms with Gasteiger partial charge in [-0.2, -0.15) is 0 Å². The zero-order chi connectivity index (χ0) is 13.1. The Labute approximate surface area is 119 Å². The Morgan fingerprint density at radius 3 is 2.89 bits per heavy atom. The molecule has 6 heteroatoms. The fourth-order valence-corrected chi connectivity index (χ4v) is 2.38. The van der Waals surface area contributed by atoms with Crippen molar-refractivity contribution >= 4 is 18.1 Å². The highest BCUT2D eigenvalue weighted by atomic mass is 35.5. The van der Waals surface area contributed by atoms with E-state index in [-0.39, 0.29) is 23.0 Å². The number of nitrogens with zero attached hydrogens (tertiary/aromatic N) is 2. The number of benzene rings is 1. The maximum Gasteiger partial charge on any atom is 0.272 e. The average molecular weight is 286 g/mol. The van der Waals surface area contributed by atoms with E-state index in [0.717, 1.165) is 37.3 Å². The molecule has 1 fully saturated rings. The van der Waals surface area contributed by atoms with Gasteiger partial charge < -0.3 is 5.32 Å². The van der Waals surface area contributed by atoms with Crippen LogP contribution in [-0.2, 0) is 6.54 Å². The average Bonchev–Trinajstić information content (AvgIpc) is 2.34. The van der Waals surface area contributed by atoms with E-state index in [0.29, 0.717) is 6.04 Å². The van der Waals surface area contributed by atoms with Crippen LogP contribution in [0.2, 0.25) is 0 Å². The van der Waals surface area contributed by atoms with Gasteiger partial charge in [0.15, 0.2) is 0 Å². The van der Waals surface area contributed by atoms with Gasteiger partial charge in [-0.15, -0.1) is 12.4 Å². The highest BCUT2D eigenvalue weighted by Crippen LogP contribution is 2.23. The Balaban J connectivity index is 0.00000180. The van der Waals surface area contributed by atoms with Crippen molar-refractivity contribution in [2.24, 2.45) is 0 Å². The van der Waals surface area contributed by atoms with E-state index in [4.69, 9.17) is 0 Å².